The van der Waals surface area contributed by atoms with Crippen molar-refractivity contribution in [1.29, 1.82) is 0 Å². The van der Waals surface area contributed by atoms with E-state index in [9.17, 15) is 19.5 Å². The third-order valence-electron chi connectivity index (χ3n) is 5.75. The molecule has 8 heteroatoms. The molecule has 0 saturated heterocycles. The van der Waals surface area contributed by atoms with Gasteiger partial charge in [0, 0.05) is 19.0 Å². The van der Waals surface area contributed by atoms with Crippen LogP contribution in [0.4, 0.5) is 9.59 Å². The summed E-state index contributed by atoms with van der Waals surface area (Å²) in [6.07, 6.45) is 16.9. The van der Waals surface area contributed by atoms with Crippen molar-refractivity contribution in [3.63, 3.8) is 0 Å². The summed E-state index contributed by atoms with van der Waals surface area (Å²) < 4.78 is 0. The zero-order valence-electron chi connectivity index (χ0n) is 20.7. The normalized spacial score (nSPS) is 12.1. The van der Waals surface area contributed by atoms with Gasteiger partial charge in [-0.3, -0.25) is 4.79 Å². The van der Waals surface area contributed by atoms with Crippen molar-refractivity contribution in [3.8, 4) is 0 Å². The van der Waals surface area contributed by atoms with Crippen molar-refractivity contribution in [2.45, 2.75) is 110 Å². The first-order valence-corrected chi connectivity index (χ1v) is 12.6. The van der Waals surface area contributed by atoms with Crippen LogP contribution in [-0.2, 0) is 4.79 Å². The van der Waals surface area contributed by atoms with Gasteiger partial charge in [-0.2, -0.15) is 0 Å². The minimum Gasteiger partial charge on any atom is -0.465 e. The lowest BCUT2D eigenvalue weighted by Crippen LogP contribution is -2.49. The van der Waals surface area contributed by atoms with Crippen LogP contribution in [0.15, 0.2) is 12.2 Å². The van der Waals surface area contributed by atoms with Gasteiger partial charge in [0.05, 0.1) is 13.2 Å². The minimum absolute atomic E-state index is 0.0537. The lowest BCUT2D eigenvalue weighted by molar-refractivity contribution is -0.134. The Kier molecular flexibility index (Phi) is 19.2. The van der Waals surface area contributed by atoms with Crippen LogP contribution in [0.2, 0.25) is 0 Å². The highest BCUT2D eigenvalue weighted by atomic mass is 16.4. The summed E-state index contributed by atoms with van der Waals surface area (Å²) in [6, 6.07) is -0.639. The number of carbonyl (C=O) groups excluding carboxylic acids is 1. The summed E-state index contributed by atoms with van der Waals surface area (Å²) in [4.78, 5) is 36.2. The number of aliphatic hydroxyl groups is 1. The molecule has 0 aromatic rings. The molecule has 0 heterocycles. The predicted octanol–water partition coefficient (Wildman–Crippen LogP) is 5.89. The zero-order chi connectivity index (χ0) is 24.9. The summed E-state index contributed by atoms with van der Waals surface area (Å²) in [6.45, 7) is 3.27. The largest absolute Gasteiger partial charge is 0.465 e. The quantitative estimate of drug-likeness (QED) is 0.151. The standard InChI is InChI=1S/C25H46N2O6/c1-3-4-5-6-7-8-9-10-11-12-13-14-15-16-17-18-23(29)26(19-20-28)22(2)21-27(24(30)31)25(32)33/h10-11,22,28H,3-9,12-21H2,1-2H3,(H,30,31)(H,32,33)/b11-10-. The van der Waals surface area contributed by atoms with Gasteiger partial charge < -0.3 is 20.2 Å². The molecule has 0 radical (unpaired) electrons. The van der Waals surface area contributed by atoms with Crippen molar-refractivity contribution in [3.05, 3.63) is 12.2 Å². The Balaban J connectivity index is 3.98. The maximum atomic E-state index is 12.5. The van der Waals surface area contributed by atoms with Crippen LogP contribution in [0.1, 0.15) is 104 Å². The van der Waals surface area contributed by atoms with Crippen LogP contribution in [0.5, 0.6) is 0 Å². The molecule has 0 bridgehead atoms. The van der Waals surface area contributed by atoms with Crippen LogP contribution in [-0.4, -0.2) is 69.0 Å². The van der Waals surface area contributed by atoms with Crippen LogP contribution in [0.3, 0.4) is 0 Å². The minimum atomic E-state index is -1.58. The highest BCUT2D eigenvalue weighted by molar-refractivity contribution is 5.85. The van der Waals surface area contributed by atoms with E-state index in [4.69, 9.17) is 10.2 Å². The van der Waals surface area contributed by atoms with E-state index in [1.165, 1.54) is 49.8 Å². The molecule has 0 saturated carbocycles. The fourth-order valence-corrected chi connectivity index (χ4v) is 3.79. The molecule has 0 fully saturated rings. The van der Waals surface area contributed by atoms with E-state index in [1.54, 1.807) is 6.92 Å². The number of aliphatic hydroxyl groups excluding tert-OH is 1. The van der Waals surface area contributed by atoms with Gasteiger partial charge in [0.15, 0.2) is 0 Å². The van der Waals surface area contributed by atoms with Crippen LogP contribution < -0.4 is 0 Å². The van der Waals surface area contributed by atoms with Gasteiger partial charge in [0.25, 0.3) is 0 Å². The van der Waals surface area contributed by atoms with Gasteiger partial charge in [0.2, 0.25) is 5.91 Å². The van der Waals surface area contributed by atoms with E-state index in [0.717, 1.165) is 38.5 Å². The number of allylic oxidation sites excluding steroid dienone is 2. The molecule has 3 amide bonds. The summed E-state index contributed by atoms with van der Waals surface area (Å²) in [5.74, 6) is -0.190. The SMILES string of the molecule is CCCCCCCC/C=C\CCCCCCCC(=O)N(CCO)C(C)CN(C(=O)O)C(=O)O. The molecule has 3 N–H and O–H groups in total. The van der Waals surface area contributed by atoms with Crippen molar-refractivity contribution >= 4 is 18.1 Å². The third-order valence-corrected chi connectivity index (χ3v) is 5.75. The van der Waals surface area contributed by atoms with E-state index < -0.39 is 18.2 Å². The van der Waals surface area contributed by atoms with Crippen LogP contribution in [0, 0.1) is 0 Å². The van der Waals surface area contributed by atoms with E-state index in [1.807, 2.05) is 0 Å². The highest BCUT2D eigenvalue weighted by Crippen LogP contribution is 2.12. The van der Waals surface area contributed by atoms with Crippen LogP contribution >= 0.6 is 0 Å². The van der Waals surface area contributed by atoms with Gasteiger partial charge >= 0.3 is 12.2 Å². The Morgan fingerprint density at radius 3 is 1.76 bits per heavy atom. The Hall–Kier alpha value is -2.09. The molecule has 0 aromatic heterocycles. The van der Waals surface area contributed by atoms with Crippen LogP contribution in [0.25, 0.3) is 0 Å². The van der Waals surface area contributed by atoms with E-state index in [0.29, 0.717) is 6.42 Å². The number of hydrogen-bond acceptors (Lipinski definition) is 4. The van der Waals surface area contributed by atoms with E-state index >= 15 is 0 Å². The lowest BCUT2D eigenvalue weighted by atomic mass is 10.1. The summed E-state index contributed by atoms with van der Waals surface area (Å²) >= 11 is 0. The molecule has 0 aromatic carbocycles. The summed E-state index contributed by atoms with van der Waals surface area (Å²) in [5, 5.41) is 27.2. The Morgan fingerprint density at radius 1 is 0.788 bits per heavy atom. The van der Waals surface area contributed by atoms with Gasteiger partial charge in [-0.15, -0.1) is 0 Å². The topological polar surface area (TPSA) is 118 Å². The lowest BCUT2D eigenvalue weighted by Gasteiger charge is -2.30. The number of carboxylic acid groups (broad SMARTS) is 2. The van der Waals surface area contributed by atoms with E-state index in [2.05, 4.69) is 19.1 Å². The summed E-state index contributed by atoms with van der Waals surface area (Å²) in [5.41, 5.74) is 0. The van der Waals surface area contributed by atoms with Crippen molar-refractivity contribution < 1.29 is 29.7 Å². The number of amides is 3. The smallest absolute Gasteiger partial charge is 0.416 e. The van der Waals surface area contributed by atoms with Gasteiger partial charge in [-0.25, -0.2) is 14.5 Å². The molecule has 0 aliphatic rings. The molecule has 0 rings (SSSR count). The van der Waals surface area contributed by atoms with Gasteiger partial charge in [0.1, 0.15) is 0 Å². The number of hydrogen-bond donors (Lipinski definition) is 3. The number of nitrogens with zero attached hydrogens (tertiary/aromatic N) is 2. The molecule has 1 unspecified atom stereocenters. The third kappa shape index (κ3) is 16.2. The molecular formula is C25H46N2O6. The Labute approximate surface area is 199 Å². The second-order valence-corrected chi connectivity index (χ2v) is 8.67. The second kappa shape index (κ2) is 20.5. The first kappa shape index (κ1) is 30.9. The average molecular weight is 471 g/mol. The molecule has 0 aliphatic heterocycles. The fraction of sp³-hybridized carbons (Fsp3) is 0.800. The average Bonchev–Trinajstić information content (AvgIpc) is 2.77. The molecular weight excluding hydrogens is 424 g/mol. The van der Waals surface area contributed by atoms with Crippen molar-refractivity contribution in [1.82, 2.24) is 9.80 Å². The van der Waals surface area contributed by atoms with Crippen molar-refractivity contribution in [2.24, 2.45) is 0 Å². The van der Waals surface area contributed by atoms with E-state index in [-0.39, 0.29) is 30.5 Å². The molecule has 192 valence electrons. The fourth-order valence-electron chi connectivity index (χ4n) is 3.79. The highest BCUT2D eigenvalue weighted by Gasteiger charge is 2.27. The first-order valence-electron chi connectivity index (χ1n) is 12.6. The number of imide groups is 1. The number of carbonyl (C=O) groups is 3. The zero-order valence-corrected chi connectivity index (χ0v) is 20.7. The molecule has 8 nitrogen and oxygen atoms in total. The Bertz CT molecular complexity index is 553. The maximum Gasteiger partial charge on any atom is 0.416 e. The van der Waals surface area contributed by atoms with Gasteiger partial charge in [-0.05, 0) is 39.0 Å². The molecule has 33 heavy (non-hydrogen) atoms. The molecule has 1 atom stereocenters. The second-order valence-electron chi connectivity index (χ2n) is 8.67. The monoisotopic (exact) mass is 470 g/mol. The first-order chi connectivity index (χ1) is 15.8. The number of unbranched alkanes of at least 4 members (excludes halogenated alkanes) is 11. The van der Waals surface area contributed by atoms with Crippen molar-refractivity contribution in [2.75, 3.05) is 19.7 Å². The molecule has 0 aliphatic carbocycles. The maximum absolute atomic E-state index is 12.5. The summed E-state index contributed by atoms with van der Waals surface area (Å²) in [7, 11) is 0. The number of rotatable bonds is 20. The Morgan fingerprint density at radius 2 is 1.27 bits per heavy atom. The molecule has 0 spiro atoms. The van der Waals surface area contributed by atoms with Gasteiger partial charge in [-0.1, -0.05) is 70.4 Å². The predicted molar refractivity (Wildman–Crippen MR) is 130 cm³/mol.